The number of rotatable bonds is 2. The standard InChI is InChI=1S/C18H20O4/c1-3-20-17(19)18-21-11-13-8-4-5-9-14(13)16-12(2)7-6-10-15(16)22-18/h4,6-8,10-11,15,18H,3,5,9H2,1-2H3/b13-11?,16-14-. The summed E-state index contributed by atoms with van der Waals surface area (Å²) in [6.45, 7) is 4.13. The first-order valence-corrected chi connectivity index (χ1v) is 7.64. The molecular formula is C18H20O4. The van der Waals surface area contributed by atoms with E-state index in [1.807, 2.05) is 18.2 Å². The number of allylic oxidation sites excluding steroid dienone is 6. The summed E-state index contributed by atoms with van der Waals surface area (Å²) in [7, 11) is 0. The first kappa shape index (κ1) is 14.9. The van der Waals surface area contributed by atoms with Gasteiger partial charge in [0.15, 0.2) is 0 Å². The smallest absolute Gasteiger partial charge is 0.376 e. The molecule has 0 saturated carbocycles. The Morgan fingerprint density at radius 2 is 2.32 bits per heavy atom. The molecule has 0 N–H and O–H groups in total. The van der Waals surface area contributed by atoms with Gasteiger partial charge < -0.3 is 14.2 Å². The molecule has 0 radical (unpaired) electrons. The van der Waals surface area contributed by atoms with E-state index in [0.29, 0.717) is 6.61 Å². The second-order valence-electron chi connectivity index (χ2n) is 5.42. The van der Waals surface area contributed by atoms with Crippen LogP contribution in [0.5, 0.6) is 0 Å². The van der Waals surface area contributed by atoms with Gasteiger partial charge in [0.2, 0.25) is 0 Å². The third kappa shape index (κ3) is 2.79. The maximum Gasteiger partial charge on any atom is 0.376 e. The van der Waals surface area contributed by atoms with Gasteiger partial charge in [-0.25, -0.2) is 4.79 Å². The summed E-state index contributed by atoms with van der Waals surface area (Å²) in [4.78, 5) is 12.0. The molecule has 1 heterocycles. The van der Waals surface area contributed by atoms with Gasteiger partial charge in [-0.1, -0.05) is 30.4 Å². The molecule has 0 fully saturated rings. The average molecular weight is 300 g/mol. The van der Waals surface area contributed by atoms with E-state index in [4.69, 9.17) is 14.2 Å². The van der Waals surface area contributed by atoms with Crippen molar-refractivity contribution < 1.29 is 19.0 Å². The van der Waals surface area contributed by atoms with Crippen LogP contribution in [-0.2, 0) is 19.0 Å². The van der Waals surface area contributed by atoms with Crippen LogP contribution in [0.15, 0.2) is 58.9 Å². The Hall–Kier alpha value is -2.07. The molecule has 0 aromatic heterocycles. The van der Waals surface area contributed by atoms with Gasteiger partial charge in [0, 0.05) is 5.57 Å². The largest absolute Gasteiger partial charge is 0.461 e. The quantitative estimate of drug-likeness (QED) is 0.734. The number of esters is 1. The van der Waals surface area contributed by atoms with Crippen molar-refractivity contribution in [3.8, 4) is 0 Å². The van der Waals surface area contributed by atoms with E-state index < -0.39 is 12.3 Å². The number of hydrogen-bond donors (Lipinski definition) is 0. The lowest BCUT2D eigenvalue weighted by molar-refractivity contribution is -0.187. The van der Waals surface area contributed by atoms with Crippen molar-refractivity contribution in [1.82, 2.24) is 0 Å². The van der Waals surface area contributed by atoms with E-state index >= 15 is 0 Å². The third-order valence-electron chi connectivity index (χ3n) is 3.94. The van der Waals surface area contributed by atoms with Crippen molar-refractivity contribution in [3.63, 3.8) is 0 Å². The highest BCUT2D eigenvalue weighted by Gasteiger charge is 2.32. The molecule has 0 aromatic rings. The zero-order chi connectivity index (χ0) is 15.5. The van der Waals surface area contributed by atoms with Gasteiger partial charge in [0.05, 0.1) is 12.9 Å². The van der Waals surface area contributed by atoms with E-state index in [1.54, 1.807) is 13.2 Å². The number of ether oxygens (including phenoxy) is 3. The van der Waals surface area contributed by atoms with Crippen LogP contribution in [0.25, 0.3) is 0 Å². The fourth-order valence-electron chi connectivity index (χ4n) is 2.94. The SMILES string of the molecule is CCOC(=O)C1OC=C2C=CCC/C2=C2\C(C)=CC=CC2O1. The van der Waals surface area contributed by atoms with E-state index in [1.165, 1.54) is 5.57 Å². The Kier molecular flexibility index (Phi) is 4.29. The highest BCUT2D eigenvalue weighted by molar-refractivity contribution is 5.73. The first-order valence-electron chi connectivity index (χ1n) is 7.64. The lowest BCUT2D eigenvalue weighted by atomic mass is 9.84. The summed E-state index contributed by atoms with van der Waals surface area (Å²) >= 11 is 0. The summed E-state index contributed by atoms with van der Waals surface area (Å²) in [5.74, 6) is -0.498. The molecule has 4 nitrogen and oxygen atoms in total. The van der Waals surface area contributed by atoms with Crippen LogP contribution >= 0.6 is 0 Å². The molecule has 2 aliphatic carbocycles. The molecular weight excluding hydrogens is 280 g/mol. The molecule has 2 atom stereocenters. The summed E-state index contributed by atoms with van der Waals surface area (Å²) in [5.41, 5.74) is 4.53. The normalized spacial score (nSPS) is 30.1. The van der Waals surface area contributed by atoms with Crippen LogP contribution in [0.1, 0.15) is 26.7 Å². The van der Waals surface area contributed by atoms with Crippen molar-refractivity contribution in [2.45, 2.75) is 39.1 Å². The second-order valence-corrected chi connectivity index (χ2v) is 5.42. The fourth-order valence-corrected chi connectivity index (χ4v) is 2.94. The zero-order valence-electron chi connectivity index (χ0n) is 12.9. The van der Waals surface area contributed by atoms with Crippen LogP contribution in [0.3, 0.4) is 0 Å². The van der Waals surface area contributed by atoms with Crippen molar-refractivity contribution in [3.05, 3.63) is 58.9 Å². The van der Waals surface area contributed by atoms with Gasteiger partial charge in [-0.2, -0.15) is 0 Å². The van der Waals surface area contributed by atoms with Crippen LogP contribution in [0, 0.1) is 0 Å². The topological polar surface area (TPSA) is 44.8 Å². The molecule has 3 aliphatic rings. The van der Waals surface area contributed by atoms with E-state index in [9.17, 15) is 4.79 Å². The number of hydrogen-bond acceptors (Lipinski definition) is 4. The first-order chi connectivity index (χ1) is 10.7. The minimum Gasteiger partial charge on any atom is -0.461 e. The second kappa shape index (κ2) is 6.36. The maximum atomic E-state index is 12.0. The Bertz CT molecular complexity index is 619. The fraction of sp³-hybridized carbons (Fsp3) is 0.389. The van der Waals surface area contributed by atoms with Crippen LogP contribution in [-0.4, -0.2) is 25.0 Å². The minimum absolute atomic E-state index is 0.287. The van der Waals surface area contributed by atoms with Gasteiger partial charge in [-0.3, -0.25) is 0 Å². The predicted octanol–water partition coefficient (Wildman–Crippen LogP) is 3.34. The molecule has 4 heteroatoms. The molecule has 2 unspecified atom stereocenters. The number of carbonyl (C=O) groups is 1. The lowest BCUT2D eigenvalue weighted by Gasteiger charge is -2.31. The van der Waals surface area contributed by atoms with Gasteiger partial charge in [0.25, 0.3) is 6.29 Å². The number of fused-ring (bicyclic) bond motifs is 2. The van der Waals surface area contributed by atoms with Crippen LogP contribution in [0.2, 0.25) is 0 Å². The van der Waals surface area contributed by atoms with Gasteiger partial charge in [-0.15, -0.1) is 0 Å². The van der Waals surface area contributed by atoms with Crippen molar-refractivity contribution in [2.75, 3.05) is 6.61 Å². The molecule has 3 rings (SSSR count). The molecule has 0 bridgehead atoms. The summed E-state index contributed by atoms with van der Waals surface area (Å²) < 4.78 is 16.5. The van der Waals surface area contributed by atoms with Crippen LogP contribution in [0.4, 0.5) is 0 Å². The van der Waals surface area contributed by atoms with Gasteiger partial charge >= 0.3 is 5.97 Å². The maximum absolute atomic E-state index is 12.0. The summed E-state index contributed by atoms with van der Waals surface area (Å²) in [6, 6.07) is 0. The third-order valence-corrected chi connectivity index (χ3v) is 3.94. The summed E-state index contributed by atoms with van der Waals surface area (Å²) in [6.07, 6.45) is 12.4. The molecule has 0 amide bonds. The highest BCUT2D eigenvalue weighted by atomic mass is 16.7. The Labute approximate surface area is 130 Å². The van der Waals surface area contributed by atoms with E-state index in [-0.39, 0.29) is 6.10 Å². The monoisotopic (exact) mass is 300 g/mol. The minimum atomic E-state index is -1.04. The molecule has 0 spiro atoms. The van der Waals surface area contributed by atoms with Crippen molar-refractivity contribution in [1.29, 1.82) is 0 Å². The molecule has 116 valence electrons. The van der Waals surface area contributed by atoms with Crippen molar-refractivity contribution in [2.24, 2.45) is 0 Å². The Morgan fingerprint density at radius 1 is 1.45 bits per heavy atom. The molecule has 0 aromatic carbocycles. The predicted molar refractivity (Wildman–Crippen MR) is 82.8 cm³/mol. The average Bonchev–Trinajstić information content (AvgIpc) is 2.50. The van der Waals surface area contributed by atoms with Gasteiger partial charge in [0.1, 0.15) is 6.10 Å². The van der Waals surface area contributed by atoms with E-state index in [0.717, 1.165) is 29.6 Å². The van der Waals surface area contributed by atoms with Crippen LogP contribution < -0.4 is 0 Å². The molecule has 0 saturated heterocycles. The highest BCUT2D eigenvalue weighted by Crippen LogP contribution is 2.36. The Balaban J connectivity index is 2.01. The van der Waals surface area contributed by atoms with E-state index in [2.05, 4.69) is 19.1 Å². The van der Waals surface area contributed by atoms with Gasteiger partial charge in [-0.05, 0) is 43.4 Å². The summed E-state index contributed by atoms with van der Waals surface area (Å²) in [5, 5.41) is 0. The molecule has 1 aliphatic heterocycles. The molecule has 22 heavy (non-hydrogen) atoms. The lowest BCUT2D eigenvalue weighted by Crippen LogP contribution is -2.35. The Morgan fingerprint density at radius 3 is 3.14 bits per heavy atom. The number of carbonyl (C=O) groups excluding carboxylic acids is 1. The van der Waals surface area contributed by atoms with Crippen molar-refractivity contribution >= 4 is 5.97 Å². The zero-order valence-corrected chi connectivity index (χ0v) is 12.9.